The van der Waals surface area contributed by atoms with Gasteiger partial charge in [0.2, 0.25) is 5.91 Å². The molecule has 11 nitrogen and oxygen atoms in total. The first-order valence-electron chi connectivity index (χ1n) is 15.8. The van der Waals surface area contributed by atoms with E-state index in [2.05, 4.69) is 47.3 Å². The lowest BCUT2D eigenvalue weighted by atomic mass is 10.1. The molecule has 3 aliphatic heterocycles. The third-order valence-corrected chi connectivity index (χ3v) is 9.07. The zero-order valence-electron chi connectivity index (χ0n) is 26.1. The summed E-state index contributed by atoms with van der Waals surface area (Å²) >= 11 is 0. The van der Waals surface area contributed by atoms with Gasteiger partial charge in [-0.1, -0.05) is 30.8 Å². The minimum atomic E-state index is -0.316. The Balaban J connectivity index is 1.36. The van der Waals surface area contributed by atoms with E-state index in [1.165, 1.54) is 6.08 Å². The van der Waals surface area contributed by atoms with Crippen LogP contribution < -0.4 is 19.3 Å². The Morgan fingerprint density at radius 3 is 2.82 bits per heavy atom. The van der Waals surface area contributed by atoms with Crippen molar-refractivity contribution in [3.8, 4) is 23.6 Å². The number of anilines is 2. The lowest BCUT2D eigenvalue weighted by Crippen LogP contribution is -2.55. The number of aromatic nitrogens is 2. The van der Waals surface area contributed by atoms with Crippen LogP contribution in [0.2, 0.25) is 0 Å². The predicted octanol–water partition coefficient (Wildman–Crippen LogP) is 4.10. The number of hydrogen-bond acceptors (Lipinski definition) is 10. The zero-order chi connectivity index (χ0) is 31.5. The van der Waals surface area contributed by atoms with Gasteiger partial charge in [-0.25, -0.2) is 0 Å². The maximum absolute atomic E-state index is 12.6. The van der Waals surface area contributed by atoms with Gasteiger partial charge in [-0.2, -0.15) is 15.2 Å². The number of carbonyl (C=O) groups is 1. The molecule has 2 saturated heterocycles. The molecule has 0 bridgehead atoms. The van der Waals surface area contributed by atoms with Gasteiger partial charge in [0.05, 0.1) is 31.6 Å². The summed E-state index contributed by atoms with van der Waals surface area (Å²) in [6, 6.07) is 14.5. The summed E-state index contributed by atoms with van der Waals surface area (Å²) in [6.07, 6.45) is 3.69. The summed E-state index contributed by atoms with van der Waals surface area (Å²) in [5, 5.41) is 22.1. The van der Waals surface area contributed by atoms with Crippen LogP contribution in [0.3, 0.4) is 0 Å². The van der Waals surface area contributed by atoms with Gasteiger partial charge in [-0.3, -0.25) is 9.69 Å². The van der Waals surface area contributed by atoms with Gasteiger partial charge in [-0.15, -0.1) is 0 Å². The Morgan fingerprint density at radius 2 is 2.02 bits per heavy atom. The minimum Gasteiger partial charge on any atom is -0.508 e. The van der Waals surface area contributed by atoms with Gasteiger partial charge in [0.15, 0.2) is 11.6 Å². The number of phenols is 1. The Bertz CT molecular complexity index is 1610. The Kier molecular flexibility index (Phi) is 8.94. The minimum absolute atomic E-state index is 0.183. The quantitative estimate of drug-likeness (QED) is 0.373. The number of phenolic OH excluding ortho intramolecular Hbond substituents is 1. The molecule has 236 valence electrons. The van der Waals surface area contributed by atoms with Crippen LogP contribution in [0, 0.1) is 11.3 Å². The smallest absolute Gasteiger partial charge is 0.318 e. The predicted molar refractivity (Wildman–Crippen MR) is 173 cm³/mol. The second-order valence-corrected chi connectivity index (χ2v) is 12.2. The Morgan fingerprint density at radius 1 is 1.18 bits per heavy atom. The van der Waals surface area contributed by atoms with Crippen molar-refractivity contribution in [2.45, 2.75) is 57.8 Å². The van der Waals surface area contributed by atoms with Crippen molar-refractivity contribution in [3.63, 3.8) is 0 Å². The van der Waals surface area contributed by atoms with Gasteiger partial charge in [0.25, 0.3) is 0 Å². The maximum atomic E-state index is 12.6. The van der Waals surface area contributed by atoms with Crippen LogP contribution in [0.4, 0.5) is 11.5 Å². The molecule has 0 spiro atoms. The second kappa shape index (κ2) is 13.2. The van der Waals surface area contributed by atoms with E-state index >= 15 is 0 Å². The van der Waals surface area contributed by atoms with Crippen molar-refractivity contribution in [1.29, 1.82) is 5.26 Å². The average Bonchev–Trinajstić information content (AvgIpc) is 3.42. The van der Waals surface area contributed by atoms with E-state index in [1.54, 1.807) is 17.0 Å². The van der Waals surface area contributed by atoms with Crippen molar-refractivity contribution < 1.29 is 19.4 Å². The van der Waals surface area contributed by atoms with Gasteiger partial charge in [0, 0.05) is 48.9 Å². The van der Waals surface area contributed by atoms with Crippen molar-refractivity contribution in [1.82, 2.24) is 19.8 Å². The number of amides is 1. The van der Waals surface area contributed by atoms with E-state index < -0.39 is 0 Å². The molecule has 3 aromatic rings. The summed E-state index contributed by atoms with van der Waals surface area (Å²) in [5.41, 5.74) is 1.59. The standard InChI is InChI=1S/C34H41N7O4/c1-4-31(43)41-15-14-39(20-25(41)11-12-35)33-32-29(36-34(37-33)45-22-26-9-7-13-40(26)23(2)3)21-38(16-17-44-32)30-19-27(42)18-24-8-5-6-10-28(24)30/h4-6,8,10,18-19,23,25-26,42H,1,7,9,11,13-17,20-22H2,2-3H3/t25-,26+/m0/s1. The van der Waals surface area contributed by atoms with Crippen LogP contribution >= 0.6 is 0 Å². The number of piperazine rings is 1. The average molecular weight is 612 g/mol. The van der Waals surface area contributed by atoms with Crippen LogP contribution in [0.15, 0.2) is 49.1 Å². The number of fused-ring (bicyclic) bond motifs is 2. The fourth-order valence-corrected chi connectivity index (χ4v) is 6.88. The molecule has 0 saturated carbocycles. The number of nitrogens with zero attached hydrogens (tertiary/aromatic N) is 7. The number of hydrogen-bond donors (Lipinski definition) is 1. The molecule has 1 amide bonds. The SMILES string of the molecule is C=CC(=O)N1CCN(c2nc(OC[C@H]3CCCN3C(C)C)nc3c2OCCN(c2cc(O)cc4ccccc24)C3)C[C@@H]1CC#N. The molecule has 1 N–H and O–H groups in total. The van der Waals surface area contributed by atoms with Crippen molar-refractivity contribution in [3.05, 3.63) is 54.7 Å². The Hall–Kier alpha value is -4.56. The molecule has 2 fully saturated rings. The number of likely N-dealkylation sites (tertiary alicyclic amines) is 1. The molecule has 1 aromatic heterocycles. The number of carbonyl (C=O) groups excluding carboxylic acids is 1. The molecule has 0 aliphatic carbocycles. The number of aromatic hydroxyl groups is 1. The van der Waals surface area contributed by atoms with Crippen LogP contribution in [-0.4, -0.2) is 94.8 Å². The van der Waals surface area contributed by atoms with Gasteiger partial charge < -0.3 is 29.3 Å². The van der Waals surface area contributed by atoms with Gasteiger partial charge in [0.1, 0.15) is 24.7 Å². The summed E-state index contributed by atoms with van der Waals surface area (Å²) in [7, 11) is 0. The van der Waals surface area contributed by atoms with Crippen LogP contribution in [0.1, 0.15) is 38.8 Å². The highest BCUT2D eigenvalue weighted by molar-refractivity contribution is 5.95. The summed E-state index contributed by atoms with van der Waals surface area (Å²) in [5.74, 6) is 1.21. The topological polar surface area (TPSA) is 118 Å². The van der Waals surface area contributed by atoms with E-state index in [1.807, 2.05) is 18.2 Å². The molecule has 6 rings (SSSR count). The van der Waals surface area contributed by atoms with E-state index in [9.17, 15) is 15.2 Å². The molecule has 2 aromatic carbocycles. The van der Waals surface area contributed by atoms with E-state index in [4.69, 9.17) is 19.4 Å². The van der Waals surface area contributed by atoms with Crippen LogP contribution in [0.25, 0.3) is 10.8 Å². The number of rotatable bonds is 8. The normalized spacial score (nSPS) is 20.4. The first-order chi connectivity index (χ1) is 21.9. The third-order valence-electron chi connectivity index (χ3n) is 9.07. The molecule has 0 unspecified atom stereocenters. The van der Waals surface area contributed by atoms with E-state index in [-0.39, 0.29) is 36.2 Å². The Labute approximate surface area is 264 Å². The van der Waals surface area contributed by atoms with Crippen molar-refractivity contribution in [2.24, 2.45) is 0 Å². The van der Waals surface area contributed by atoms with Crippen LogP contribution in [-0.2, 0) is 11.3 Å². The fourth-order valence-electron chi connectivity index (χ4n) is 6.88. The van der Waals surface area contributed by atoms with Gasteiger partial charge in [-0.05, 0) is 50.8 Å². The highest BCUT2D eigenvalue weighted by atomic mass is 16.5. The molecule has 45 heavy (non-hydrogen) atoms. The van der Waals surface area contributed by atoms with Crippen LogP contribution in [0.5, 0.6) is 17.5 Å². The molecule has 3 aliphatic rings. The first-order valence-corrected chi connectivity index (χ1v) is 15.8. The summed E-state index contributed by atoms with van der Waals surface area (Å²) < 4.78 is 12.8. The van der Waals surface area contributed by atoms with Crippen molar-refractivity contribution in [2.75, 3.05) is 55.7 Å². The fraction of sp³-hybridized carbons (Fsp3) is 0.471. The largest absolute Gasteiger partial charge is 0.508 e. The number of nitriles is 1. The molecule has 0 radical (unpaired) electrons. The molecule has 2 atom stereocenters. The first kappa shape index (κ1) is 30.5. The number of benzene rings is 2. The van der Waals surface area contributed by atoms with Gasteiger partial charge >= 0.3 is 6.01 Å². The third kappa shape index (κ3) is 6.33. The monoisotopic (exact) mass is 611 g/mol. The molecule has 4 heterocycles. The second-order valence-electron chi connectivity index (χ2n) is 12.2. The lowest BCUT2D eigenvalue weighted by Gasteiger charge is -2.41. The molecular weight excluding hydrogens is 570 g/mol. The highest BCUT2D eigenvalue weighted by Crippen LogP contribution is 2.38. The summed E-state index contributed by atoms with van der Waals surface area (Å²) in [4.78, 5) is 30.8. The summed E-state index contributed by atoms with van der Waals surface area (Å²) in [6.45, 7) is 12.3. The molecule has 11 heteroatoms. The number of ether oxygens (including phenoxy) is 2. The van der Waals surface area contributed by atoms with Crippen molar-refractivity contribution >= 4 is 28.2 Å². The lowest BCUT2D eigenvalue weighted by molar-refractivity contribution is -0.128. The maximum Gasteiger partial charge on any atom is 0.318 e. The molecular formula is C34H41N7O4. The van der Waals surface area contributed by atoms with E-state index in [0.29, 0.717) is 69.2 Å². The highest BCUT2D eigenvalue weighted by Gasteiger charge is 2.34. The van der Waals surface area contributed by atoms with E-state index in [0.717, 1.165) is 35.8 Å². The zero-order valence-corrected chi connectivity index (χ0v) is 26.1.